The number of nitrogens with zero attached hydrogens (tertiary/aromatic N) is 3. The monoisotopic (exact) mass is 345 g/mol. The van der Waals surface area contributed by atoms with Crippen molar-refractivity contribution >= 4 is 11.9 Å². The van der Waals surface area contributed by atoms with Gasteiger partial charge < -0.3 is 14.4 Å². The lowest BCUT2D eigenvalue weighted by Crippen LogP contribution is -2.37. The molecule has 25 heavy (non-hydrogen) atoms. The number of rotatable bonds is 4. The highest BCUT2D eigenvalue weighted by Crippen LogP contribution is 2.27. The van der Waals surface area contributed by atoms with Crippen LogP contribution < -0.4 is 4.90 Å². The van der Waals surface area contributed by atoms with Crippen LogP contribution in [0.5, 0.6) is 0 Å². The highest BCUT2D eigenvalue weighted by molar-refractivity contribution is 5.97. The summed E-state index contributed by atoms with van der Waals surface area (Å²) in [7, 11) is 0. The Balaban J connectivity index is 2.10. The maximum absolute atomic E-state index is 13.3. The molecule has 0 aliphatic carbocycles. The van der Waals surface area contributed by atoms with Gasteiger partial charge in [0, 0.05) is 18.7 Å². The van der Waals surface area contributed by atoms with Gasteiger partial charge in [-0.15, -0.1) is 0 Å². The van der Waals surface area contributed by atoms with E-state index in [1.807, 2.05) is 4.90 Å². The summed E-state index contributed by atoms with van der Waals surface area (Å²) in [5.41, 5.74) is 1.94. The molecular formula is C18H20FN3O3. The van der Waals surface area contributed by atoms with Crippen molar-refractivity contribution in [2.75, 3.05) is 37.8 Å². The SMILES string of the molecule is CCOC(=O)c1c(C)nc(N2CCOCC2)nc1-c1ccc(F)cc1. The summed E-state index contributed by atoms with van der Waals surface area (Å²) in [4.78, 5) is 23.5. The molecular weight excluding hydrogens is 325 g/mol. The first kappa shape index (κ1) is 17.3. The minimum atomic E-state index is -0.479. The van der Waals surface area contributed by atoms with Gasteiger partial charge in [-0.2, -0.15) is 0 Å². The van der Waals surface area contributed by atoms with Gasteiger partial charge in [0.05, 0.1) is 31.2 Å². The number of morpholine rings is 1. The molecule has 1 saturated heterocycles. The quantitative estimate of drug-likeness (QED) is 0.794. The number of halogens is 1. The van der Waals surface area contributed by atoms with Gasteiger partial charge in [0.25, 0.3) is 0 Å². The van der Waals surface area contributed by atoms with E-state index in [1.54, 1.807) is 26.0 Å². The predicted molar refractivity (Wildman–Crippen MR) is 91.2 cm³/mol. The molecule has 0 spiro atoms. The molecule has 1 aromatic carbocycles. The van der Waals surface area contributed by atoms with E-state index in [4.69, 9.17) is 9.47 Å². The minimum Gasteiger partial charge on any atom is -0.462 e. The van der Waals surface area contributed by atoms with E-state index in [0.29, 0.717) is 54.8 Å². The fraction of sp³-hybridized carbons (Fsp3) is 0.389. The van der Waals surface area contributed by atoms with Crippen molar-refractivity contribution in [3.63, 3.8) is 0 Å². The molecule has 132 valence electrons. The summed E-state index contributed by atoms with van der Waals surface area (Å²) in [5, 5.41) is 0. The summed E-state index contributed by atoms with van der Waals surface area (Å²) in [6.07, 6.45) is 0. The van der Waals surface area contributed by atoms with Crippen LogP contribution in [0.25, 0.3) is 11.3 Å². The Bertz CT molecular complexity index is 759. The average Bonchev–Trinajstić information content (AvgIpc) is 2.62. The Morgan fingerprint density at radius 1 is 1.24 bits per heavy atom. The molecule has 1 aliphatic heterocycles. The zero-order valence-electron chi connectivity index (χ0n) is 14.3. The lowest BCUT2D eigenvalue weighted by Gasteiger charge is -2.27. The molecule has 0 bridgehead atoms. The standard InChI is InChI=1S/C18H20FN3O3/c1-3-25-17(23)15-12(2)20-18(22-8-10-24-11-9-22)21-16(15)13-4-6-14(19)7-5-13/h4-7H,3,8-11H2,1-2H3. The van der Waals surface area contributed by atoms with Crippen LogP contribution in [-0.4, -0.2) is 48.8 Å². The van der Waals surface area contributed by atoms with Crippen LogP contribution in [0, 0.1) is 12.7 Å². The van der Waals surface area contributed by atoms with E-state index >= 15 is 0 Å². The normalized spacial score (nSPS) is 14.4. The number of ether oxygens (including phenoxy) is 2. The Morgan fingerprint density at radius 3 is 2.56 bits per heavy atom. The third kappa shape index (κ3) is 3.76. The molecule has 0 N–H and O–H groups in total. The Kier molecular flexibility index (Phi) is 5.23. The molecule has 0 radical (unpaired) electrons. The molecule has 6 nitrogen and oxygen atoms in total. The van der Waals surface area contributed by atoms with E-state index in [-0.39, 0.29) is 12.4 Å². The first-order valence-electron chi connectivity index (χ1n) is 8.24. The summed E-state index contributed by atoms with van der Waals surface area (Å²) < 4.78 is 23.8. The van der Waals surface area contributed by atoms with Gasteiger partial charge in [0.1, 0.15) is 11.4 Å². The number of hydrogen-bond acceptors (Lipinski definition) is 6. The number of carbonyl (C=O) groups is 1. The van der Waals surface area contributed by atoms with E-state index in [9.17, 15) is 9.18 Å². The van der Waals surface area contributed by atoms with Crippen molar-refractivity contribution in [1.29, 1.82) is 0 Å². The maximum Gasteiger partial charge on any atom is 0.342 e. The second-order valence-corrected chi connectivity index (χ2v) is 5.66. The van der Waals surface area contributed by atoms with Crippen molar-refractivity contribution in [3.05, 3.63) is 41.3 Å². The molecule has 2 heterocycles. The molecule has 1 fully saturated rings. The van der Waals surface area contributed by atoms with Gasteiger partial charge in [-0.3, -0.25) is 0 Å². The van der Waals surface area contributed by atoms with Crippen molar-refractivity contribution in [2.45, 2.75) is 13.8 Å². The zero-order valence-corrected chi connectivity index (χ0v) is 14.3. The smallest absolute Gasteiger partial charge is 0.342 e. The van der Waals surface area contributed by atoms with E-state index in [2.05, 4.69) is 9.97 Å². The van der Waals surface area contributed by atoms with E-state index in [1.165, 1.54) is 12.1 Å². The van der Waals surface area contributed by atoms with Crippen LogP contribution in [-0.2, 0) is 9.47 Å². The van der Waals surface area contributed by atoms with Gasteiger partial charge in [-0.05, 0) is 38.1 Å². The third-order valence-electron chi connectivity index (χ3n) is 3.97. The van der Waals surface area contributed by atoms with Crippen LogP contribution in [0.4, 0.5) is 10.3 Å². The van der Waals surface area contributed by atoms with Crippen molar-refractivity contribution in [2.24, 2.45) is 0 Å². The van der Waals surface area contributed by atoms with Gasteiger partial charge in [-0.25, -0.2) is 19.2 Å². The largest absolute Gasteiger partial charge is 0.462 e. The predicted octanol–water partition coefficient (Wildman–Crippen LogP) is 2.60. The number of aryl methyl sites for hydroxylation is 1. The van der Waals surface area contributed by atoms with E-state index < -0.39 is 5.97 Å². The molecule has 3 rings (SSSR count). The third-order valence-corrected chi connectivity index (χ3v) is 3.97. The number of hydrogen-bond donors (Lipinski definition) is 0. The van der Waals surface area contributed by atoms with Crippen LogP contribution in [0.3, 0.4) is 0 Å². The highest BCUT2D eigenvalue weighted by Gasteiger charge is 2.23. The molecule has 1 aliphatic rings. The van der Waals surface area contributed by atoms with Crippen LogP contribution in [0.1, 0.15) is 23.0 Å². The topological polar surface area (TPSA) is 64.5 Å². The van der Waals surface area contributed by atoms with Crippen LogP contribution in [0.15, 0.2) is 24.3 Å². The summed E-state index contributed by atoms with van der Waals surface area (Å²) in [5.74, 6) is -0.290. The average molecular weight is 345 g/mol. The van der Waals surface area contributed by atoms with Gasteiger partial charge in [0.2, 0.25) is 5.95 Å². The van der Waals surface area contributed by atoms with Crippen LogP contribution in [0.2, 0.25) is 0 Å². The fourth-order valence-corrected chi connectivity index (χ4v) is 2.73. The molecule has 0 unspecified atom stereocenters. The minimum absolute atomic E-state index is 0.256. The van der Waals surface area contributed by atoms with E-state index in [0.717, 1.165) is 0 Å². The fourth-order valence-electron chi connectivity index (χ4n) is 2.73. The molecule has 0 saturated carbocycles. The highest BCUT2D eigenvalue weighted by atomic mass is 19.1. The number of aromatic nitrogens is 2. The zero-order chi connectivity index (χ0) is 17.8. The number of benzene rings is 1. The van der Waals surface area contributed by atoms with Gasteiger partial charge in [0.15, 0.2) is 0 Å². The molecule has 0 atom stereocenters. The van der Waals surface area contributed by atoms with Crippen LogP contribution >= 0.6 is 0 Å². The lowest BCUT2D eigenvalue weighted by atomic mass is 10.0. The Morgan fingerprint density at radius 2 is 1.92 bits per heavy atom. The Labute approximate surface area is 145 Å². The lowest BCUT2D eigenvalue weighted by molar-refractivity contribution is 0.0525. The summed E-state index contributed by atoms with van der Waals surface area (Å²) >= 11 is 0. The van der Waals surface area contributed by atoms with Crippen molar-refractivity contribution in [1.82, 2.24) is 9.97 Å². The first-order valence-corrected chi connectivity index (χ1v) is 8.24. The maximum atomic E-state index is 13.3. The molecule has 7 heteroatoms. The van der Waals surface area contributed by atoms with Crippen molar-refractivity contribution < 1.29 is 18.7 Å². The van der Waals surface area contributed by atoms with Gasteiger partial charge >= 0.3 is 5.97 Å². The summed E-state index contributed by atoms with van der Waals surface area (Å²) in [6, 6.07) is 5.89. The Hall–Kier alpha value is -2.54. The van der Waals surface area contributed by atoms with Crippen molar-refractivity contribution in [3.8, 4) is 11.3 Å². The second-order valence-electron chi connectivity index (χ2n) is 5.66. The molecule has 2 aromatic rings. The molecule has 0 amide bonds. The first-order chi connectivity index (χ1) is 12.1. The second kappa shape index (κ2) is 7.57. The number of esters is 1. The molecule has 1 aromatic heterocycles. The summed E-state index contributed by atoms with van der Waals surface area (Å²) in [6.45, 7) is 6.33. The number of carbonyl (C=O) groups excluding carboxylic acids is 1. The van der Waals surface area contributed by atoms with Gasteiger partial charge in [-0.1, -0.05) is 0 Å². The number of anilines is 1.